The summed E-state index contributed by atoms with van der Waals surface area (Å²) >= 11 is 6.26. The van der Waals surface area contributed by atoms with Gasteiger partial charge in [-0.05, 0) is 30.2 Å². The summed E-state index contributed by atoms with van der Waals surface area (Å²) in [6.45, 7) is 1.57. The second-order valence-electron chi connectivity index (χ2n) is 6.42. The number of ether oxygens (including phenoxy) is 1. The van der Waals surface area contributed by atoms with Gasteiger partial charge >= 0.3 is 0 Å². The zero-order chi connectivity index (χ0) is 18.3. The molecule has 0 aliphatic carbocycles. The van der Waals surface area contributed by atoms with Gasteiger partial charge in [0.25, 0.3) is 0 Å². The van der Waals surface area contributed by atoms with Crippen molar-refractivity contribution in [3.63, 3.8) is 0 Å². The van der Waals surface area contributed by atoms with Gasteiger partial charge < -0.3 is 20.5 Å². The van der Waals surface area contributed by atoms with E-state index in [2.05, 4.69) is 14.9 Å². The van der Waals surface area contributed by atoms with Crippen molar-refractivity contribution in [3.8, 4) is 17.0 Å². The number of hydrogen-bond donors (Lipinski definition) is 2. The minimum atomic E-state index is -0.138. The van der Waals surface area contributed by atoms with Crippen molar-refractivity contribution in [2.24, 2.45) is 5.73 Å². The number of anilines is 1. The normalized spacial score (nSPS) is 17.2. The summed E-state index contributed by atoms with van der Waals surface area (Å²) in [7, 11) is 1.54. The molecule has 0 amide bonds. The molecule has 1 unspecified atom stereocenters. The van der Waals surface area contributed by atoms with Crippen LogP contribution in [0.2, 0.25) is 5.02 Å². The van der Waals surface area contributed by atoms with Crippen LogP contribution in [0, 0.1) is 0 Å². The Labute approximate surface area is 156 Å². The summed E-state index contributed by atoms with van der Waals surface area (Å²) in [5.41, 5.74) is 8.14. The Balaban J connectivity index is 1.75. The molecule has 7 nitrogen and oxygen atoms in total. The molecule has 4 rings (SSSR count). The topological polar surface area (TPSA) is 88.9 Å². The molecule has 3 heterocycles. The maximum absolute atomic E-state index is 9.71. The third-order valence-electron chi connectivity index (χ3n) is 4.68. The number of hydrogen-bond acceptors (Lipinski definition) is 6. The second-order valence-corrected chi connectivity index (χ2v) is 6.82. The molecular formula is C18H20ClN5O2. The van der Waals surface area contributed by atoms with Gasteiger partial charge in [-0.2, -0.15) is 4.98 Å². The first kappa shape index (κ1) is 17.1. The Hall–Kier alpha value is -2.35. The smallest absolute Gasteiger partial charge is 0.236 e. The van der Waals surface area contributed by atoms with Gasteiger partial charge in [0.1, 0.15) is 11.6 Å². The van der Waals surface area contributed by atoms with Gasteiger partial charge in [0, 0.05) is 37.1 Å². The number of aliphatic hydroxyl groups excluding tert-OH is 1. The van der Waals surface area contributed by atoms with Gasteiger partial charge in [-0.25, -0.2) is 4.98 Å². The van der Waals surface area contributed by atoms with Crippen molar-refractivity contribution < 1.29 is 9.84 Å². The fraction of sp³-hybridized carbons (Fsp3) is 0.333. The highest BCUT2D eigenvalue weighted by Crippen LogP contribution is 2.33. The van der Waals surface area contributed by atoms with Gasteiger partial charge in [-0.15, -0.1) is 0 Å². The Bertz CT molecular complexity index is 958. The van der Waals surface area contributed by atoms with E-state index in [9.17, 15) is 5.11 Å². The van der Waals surface area contributed by atoms with Crippen LogP contribution in [-0.4, -0.2) is 45.7 Å². The molecule has 1 atom stereocenters. The monoisotopic (exact) mass is 373 g/mol. The van der Waals surface area contributed by atoms with Crippen molar-refractivity contribution in [1.29, 1.82) is 0 Å². The van der Waals surface area contributed by atoms with Gasteiger partial charge in [0.15, 0.2) is 0 Å². The number of nitrogens with two attached hydrogens (primary N) is 1. The minimum absolute atomic E-state index is 0.138. The van der Waals surface area contributed by atoms with Gasteiger partial charge in [0.2, 0.25) is 5.78 Å². The highest BCUT2D eigenvalue weighted by atomic mass is 35.5. The second kappa shape index (κ2) is 6.75. The molecular weight excluding hydrogens is 354 g/mol. The van der Waals surface area contributed by atoms with E-state index in [1.807, 2.05) is 22.9 Å². The van der Waals surface area contributed by atoms with E-state index in [4.69, 9.17) is 22.1 Å². The lowest BCUT2D eigenvalue weighted by Crippen LogP contribution is -2.26. The Morgan fingerprint density at radius 1 is 1.38 bits per heavy atom. The van der Waals surface area contributed by atoms with E-state index in [-0.39, 0.29) is 12.6 Å². The molecule has 1 aliphatic rings. The standard InChI is InChI=1S/C18H20ClN5O2/c1-26-16-6-11(10-25)13(7-14(16)19)15-9-24-5-3-17(22-18(24)21-15)23-4-2-12(20)8-23/h3,5-7,9,12,25H,2,4,8,10,20H2,1H3. The molecule has 0 spiro atoms. The zero-order valence-electron chi connectivity index (χ0n) is 14.4. The number of imidazole rings is 1. The van der Waals surface area contributed by atoms with Crippen LogP contribution < -0.4 is 15.4 Å². The SMILES string of the molecule is COc1cc(CO)c(-c2cn3ccc(N4CCC(N)C4)nc3n2)cc1Cl. The lowest BCUT2D eigenvalue weighted by Gasteiger charge is -2.16. The summed E-state index contributed by atoms with van der Waals surface area (Å²) in [5.74, 6) is 1.99. The molecule has 1 fully saturated rings. The van der Waals surface area contributed by atoms with Crippen LogP contribution in [0.4, 0.5) is 5.82 Å². The fourth-order valence-electron chi connectivity index (χ4n) is 3.29. The van der Waals surface area contributed by atoms with E-state index in [1.165, 1.54) is 0 Å². The van der Waals surface area contributed by atoms with Crippen LogP contribution in [0.5, 0.6) is 5.75 Å². The average Bonchev–Trinajstić information content (AvgIpc) is 3.26. The molecule has 136 valence electrons. The van der Waals surface area contributed by atoms with Gasteiger partial charge in [-0.1, -0.05) is 11.6 Å². The molecule has 0 bridgehead atoms. The number of fused-ring (bicyclic) bond motifs is 1. The first-order valence-corrected chi connectivity index (χ1v) is 8.80. The van der Waals surface area contributed by atoms with Gasteiger partial charge in [0.05, 0.1) is 24.4 Å². The molecule has 1 saturated heterocycles. The van der Waals surface area contributed by atoms with Gasteiger partial charge in [-0.3, -0.25) is 4.40 Å². The summed E-state index contributed by atoms with van der Waals surface area (Å²) in [4.78, 5) is 11.4. The number of aliphatic hydroxyl groups is 1. The first-order chi connectivity index (χ1) is 12.6. The van der Waals surface area contributed by atoms with Crippen molar-refractivity contribution in [1.82, 2.24) is 14.4 Å². The zero-order valence-corrected chi connectivity index (χ0v) is 15.1. The summed E-state index contributed by atoms with van der Waals surface area (Å²) in [6, 6.07) is 5.64. The third kappa shape index (κ3) is 2.98. The van der Waals surface area contributed by atoms with Crippen LogP contribution in [0.25, 0.3) is 17.0 Å². The number of halogens is 1. The van der Waals surface area contributed by atoms with E-state index in [1.54, 1.807) is 19.2 Å². The molecule has 8 heteroatoms. The summed E-state index contributed by atoms with van der Waals surface area (Å²) in [5, 5.41) is 10.2. The van der Waals surface area contributed by atoms with E-state index < -0.39 is 0 Å². The maximum atomic E-state index is 9.71. The van der Waals surface area contributed by atoms with Crippen LogP contribution in [0.15, 0.2) is 30.6 Å². The molecule has 0 saturated carbocycles. The maximum Gasteiger partial charge on any atom is 0.236 e. The molecule has 3 aromatic rings. The molecule has 1 aromatic carbocycles. The predicted molar refractivity (Wildman–Crippen MR) is 101 cm³/mol. The summed E-state index contributed by atoms with van der Waals surface area (Å²) in [6.07, 6.45) is 4.78. The van der Waals surface area contributed by atoms with E-state index in [0.717, 1.165) is 30.9 Å². The van der Waals surface area contributed by atoms with E-state index in [0.29, 0.717) is 27.8 Å². The Kier molecular flexibility index (Phi) is 4.44. The summed E-state index contributed by atoms with van der Waals surface area (Å²) < 4.78 is 7.08. The van der Waals surface area contributed by atoms with Crippen molar-refractivity contribution in [2.75, 3.05) is 25.1 Å². The number of aromatic nitrogens is 3. The lowest BCUT2D eigenvalue weighted by molar-refractivity contribution is 0.281. The van der Waals surface area contributed by atoms with Crippen molar-refractivity contribution in [2.45, 2.75) is 19.1 Å². The first-order valence-electron chi connectivity index (χ1n) is 8.43. The number of benzene rings is 1. The van der Waals surface area contributed by atoms with E-state index >= 15 is 0 Å². The lowest BCUT2D eigenvalue weighted by atomic mass is 10.1. The number of methoxy groups -OCH3 is 1. The fourth-order valence-corrected chi connectivity index (χ4v) is 3.53. The molecule has 3 N–H and O–H groups in total. The Morgan fingerprint density at radius 3 is 2.92 bits per heavy atom. The molecule has 26 heavy (non-hydrogen) atoms. The molecule has 0 radical (unpaired) electrons. The van der Waals surface area contributed by atoms with Crippen LogP contribution >= 0.6 is 11.6 Å². The third-order valence-corrected chi connectivity index (χ3v) is 4.98. The van der Waals surface area contributed by atoms with Crippen LogP contribution in [0.1, 0.15) is 12.0 Å². The molecule has 2 aromatic heterocycles. The quantitative estimate of drug-likeness (QED) is 0.728. The van der Waals surface area contributed by atoms with Crippen LogP contribution in [-0.2, 0) is 6.61 Å². The molecule has 1 aliphatic heterocycles. The Morgan fingerprint density at radius 2 is 2.23 bits per heavy atom. The minimum Gasteiger partial charge on any atom is -0.495 e. The largest absolute Gasteiger partial charge is 0.495 e. The van der Waals surface area contributed by atoms with Crippen LogP contribution in [0.3, 0.4) is 0 Å². The van der Waals surface area contributed by atoms with Crippen molar-refractivity contribution >= 4 is 23.2 Å². The number of rotatable bonds is 4. The average molecular weight is 374 g/mol. The van der Waals surface area contributed by atoms with Crippen molar-refractivity contribution in [3.05, 3.63) is 41.2 Å². The highest BCUT2D eigenvalue weighted by molar-refractivity contribution is 6.32. The number of nitrogens with zero attached hydrogens (tertiary/aromatic N) is 4. The predicted octanol–water partition coefficient (Wildman–Crippen LogP) is 2.09. The highest BCUT2D eigenvalue weighted by Gasteiger charge is 2.21.